The van der Waals surface area contributed by atoms with Gasteiger partial charge in [-0.1, -0.05) is 0 Å². The maximum absolute atomic E-state index is 11.5. The van der Waals surface area contributed by atoms with Gasteiger partial charge in [0.05, 0.1) is 12.0 Å². The van der Waals surface area contributed by atoms with E-state index in [1.807, 2.05) is 0 Å². The molecule has 0 aliphatic heterocycles. The number of aryl methyl sites for hydroxylation is 1. The Hall–Kier alpha value is -1.23. The second kappa shape index (κ2) is 2.63. The van der Waals surface area contributed by atoms with Gasteiger partial charge in [-0.2, -0.15) is 5.10 Å². The molecular formula is C8H12N4O. The molecule has 1 aromatic heterocycles. The summed E-state index contributed by atoms with van der Waals surface area (Å²) in [5.74, 6) is 0.755. The van der Waals surface area contributed by atoms with E-state index in [2.05, 4.69) is 10.1 Å². The van der Waals surface area contributed by atoms with Crippen LogP contribution in [0, 0.1) is 0 Å². The third-order valence-corrected chi connectivity index (χ3v) is 2.47. The number of carbonyl (C=O) groups is 1. The standard InChI is InChI=1S/C8H12N4O/c1-12-7(10-5-11-12)4-6(13)8(9)2-3-8/h5H,2-4,9H2,1H3. The number of aromatic nitrogens is 3. The van der Waals surface area contributed by atoms with Gasteiger partial charge < -0.3 is 5.73 Å². The molecule has 2 N–H and O–H groups in total. The second-order valence-corrected chi connectivity index (χ2v) is 3.56. The number of hydrogen-bond acceptors (Lipinski definition) is 4. The summed E-state index contributed by atoms with van der Waals surface area (Å²) in [6.45, 7) is 0. The zero-order chi connectivity index (χ0) is 9.47. The fourth-order valence-corrected chi connectivity index (χ4v) is 1.21. The number of rotatable bonds is 3. The van der Waals surface area contributed by atoms with Gasteiger partial charge in [0.15, 0.2) is 5.78 Å². The van der Waals surface area contributed by atoms with Crippen LogP contribution in [0.2, 0.25) is 0 Å². The van der Waals surface area contributed by atoms with Crippen LogP contribution in [0.4, 0.5) is 0 Å². The molecule has 1 aliphatic rings. The Labute approximate surface area is 75.9 Å². The SMILES string of the molecule is Cn1ncnc1CC(=O)C1(N)CC1. The van der Waals surface area contributed by atoms with E-state index in [0.29, 0.717) is 12.2 Å². The first-order chi connectivity index (χ1) is 6.12. The van der Waals surface area contributed by atoms with Crippen LogP contribution in [0.25, 0.3) is 0 Å². The lowest BCUT2D eigenvalue weighted by Gasteiger charge is -2.05. The first-order valence-electron chi connectivity index (χ1n) is 4.27. The van der Waals surface area contributed by atoms with E-state index >= 15 is 0 Å². The molecule has 13 heavy (non-hydrogen) atoms. The highest BCUT2D eigenvalue weighted by Crippen LogP contribution is 2.33. The molecule has 5 nitrogen and oxygen atoms in total. The summed E-state index contributed by atoms with van der Waals surface area (Å²) in [6.07, 6.45) is 3.36. The molecule has 1 saturated carbocycles. The maximum Gasteiger partial charge on any atom is 0.160 e. The van der Waals surface area contributed by atoms with Gasteiger partial charge in [0.1, 0.15) is 12.2 Å². The number of carbonyl (C=O) groups excluding carboxylic acids is 1. The van der Waals surface area contributed by atoms with Crippen molar-refractivity contribution in [1.82, 2.24) is 14.8 Å². The Morgan fingerprint density at radius 3 is 2.92 bits per heavy atom. The van der Waals surface area contributed by atoms with E-state index < -0.39 is 5.54 Å². The van der Waals surface area contributed by atoms with Gasteiger partial charge >= 0.3 is 0 Å². The number of ketones is 1. The Morgan fingerprint density at radius 2 is 2.46 bits per heavy atom. The summed E-state index contributed by atoms with van der Waals surface area (Å²) in [7, 11) is 1.77. The summed E-state index contributed by atoms with van der Waals surface area (Å²) in [5.41, 5.74) is 5.20. The smallest absolute Gasteiger partial charge is 0.160 e. The fourth-order valence-electron chi connectivity index (χ4n) is 1.21. The topological polar surface area (TPSA) is 73.8 Å². The zero-order valence-electron chi connectivity index (χ0n) is 7.53. The first-order valence-corrected chi connectivity index (χ1v) is 4.27. The summed E-state index contributed by atoms with van der Waals surface area (Å²) in [6, 6.07) is 0. The van der Waals surface area contributed by atoms with Crippen LogP contribution >= 0.6 is 0 Å². The number of nitrogens with zero attached hydrogens (tertiary/aromatic N) is 3. The molecule has 0 spiro atoms. The second-order valence-electron chi connectivity index (χ2n) is 3.56. The normalized spacial score (nSPS) is 18.6. The van der Waals surface area contributed by atoms with Crippen molar-refractivity contribution < 1.29 is 4.79 Å². The van der Waals surface area contributed by atoms with E-state index in [1.165, 1.54) is 6.33 Å². The van der Waals surface area contributed by atoms with Crippen molar-refractivity contribution in [3.8, 4) is 0 Å². The number of nitrogens with two attached hydrogens (primary N) is 1. The van der Waals surface area contributed by atoms with Crippen molar-refractivity contribution in [1.29, 1.82) is 0 Å². The fraction of sp³-hybridized carbons (Fsp3) is 0.625. The number of Topliss-reactive ketones (excluding diaryl/α,β-unsaturated/α-hetero) is 1. The molecule has 1 heterocycles. The highest BCUT2D eigenvalue weighted by molar-refractivity contribution is 5.92. The van der Waals surface area contributed by atoms with Crippen LogP contribution < -0.4 is 5.73 Å². The van der Waals surface area contributed by atoms with E-state index in [-0.39, 0.29) is 5.78 Å². The third kappa shape index (κ3) is 1.47. The predicted molar refractivity (Wildman–Crippen MR) is 45.9 cm³/mol. The Balaban J connectivity index is 2.06. The van der Waals surface area contributed by atoms with Crippen LogP contribution in [-0.2, 0) is 18.3 Å². The summed E-state index contributed by atoms with van der Waals surface area (Å²) in [5, 5.41) is 3.88. The minimum atomic E-state index is -0.550. The van der Waals surface area contributed by atoms with Crippen LogP contribution in [0.1, 0.15) is 18.7 Å². The van der Waals surface area contributed by atoms with Gasteiger partial charge in [-0.3, -0.25) is 9.48 Å². The van der Waals surface area contributed by atoms with Gasteiger partial charge in [0, 0.05) is 7.05 Å². The molecule has 0 aromatic carbocycles. The highest BCUT2D eigenvalue weighted by atomic mass is 16.1. The minimum absolute atomic E-state index is 0.0728. The van der Waals surface area contributed by atoms with Gasteiger partial charge in [-0.05, 0) is 12.8 Å². The van der Waals surface area contributed by atoms with E-state index in [0.717, 1.165) is 12.8 Å². The van der Waals surface area contributed by atoms with Crippen molar-refractivity contribution in [2.24, 2.45) is 12.8 Å². The molecule has 0 unspecified atom stereocenters. The summed E-state index contributed by atoms with van der Waals surface area (Å²) < 4.78 is 1.60. The molecule has 0 bridgehead atoms. The van der Waals surface area contributed by atoms with Crippen LogP contribution in [0.5, 0.6) is 0 Å². The summed E-state index contributed by atoms with van der Waals surface area (Å²) >= 11 is 0. The van der Waals surface area contributed by atoms with Gasteiger partial charge in [0.25, 0.3) is 0 Å². The van der Waals surface area contributed by atoms with Crippen LogP contribution in [-0.4, -0.2) is 26.1 Å². The predicted octanol–water partition coefficient (Wildman–Crippen LogP) is -0.582. The van der Waals surface area contributed by atoms with Gasteiger partial charge in [-0.25, -0.2) is 4.98 Å². The van der Waals surface area contributed by atoms with E-state index in [4.69, 9.17) is 5.73 Å². The largest absolute Gasteiger partial charge is 0.319 e. The molecule has 0 radical (unpaired) electrons. The molecule has 70 valence electrons. The number of hydrogen-bond donors (Lipinski definition) is 1. The quantitative estimate of drug-likeness (QED) is 0.675. The Morgan fingerprint density at radius 1 is 1.77 bits per heavy atom. The molecule has 1 aromatic rings. The third-order valence-electron chi connectivity index (χ3n) is 2.47. The Bertz CT molecular complexity index is 340. The van der Waals surface area contributed by atoms with E-state index in [1.54, 1.807) is 11.7 Å². The van der Waals surface area contributed by atoms with Crippen molar-refractivity contribution in [3.05, 3.63) is 12.2 Å². The molecule has 0 amide bonds. The van der Waals surface area contributed by atoms with Gasteiger partial charge in [-0.15, -0.1) is 0 Å². The maximum atomic E-state index is 11.5. The monoisotopic (exact) mass is 180 g/mol. The average molecular weight is 180 g/mol. The Kier molecular flexibility index (Phi) is 1.69. The average Bonchev–Trinajstić information content (AvgIpc) is 2.72. The highest BCUT2D eigenvalue weighted by Gasteiger charge is 2.45. The summed E-state index contributed by atoms with van der Waals surface area (Å²) in [4.78, 5) is 15.5. The molecule has 1 fully saturated rings. The van der Waals surface area contributed by atoms with Crippen LogP contribution in [0.3, 0.4) is 0 Å². The van der Waals surface area contributed by atoms with Crippen molar-refractivity contribution in [2.45, 2.75) is 24.8 Å². The molecule has 0 atom stereocenters. The van der Waals surface area contributed by atoms with Crippen molar-refractivity contribution >= 4 is 5.78 Å². The van der Waals surface area contributed by atoms with Crippen molar-refractivity contribution in [2.75, 3.05) is 0 Å². The lowest BCUT2D eigenvalue weighted by Crippen LogP contribution is -2.34. The van der Waals surface area contributed by atoms with Crippen LogP contribution in [0.15, 0.2) is 6.33 Å². The first kappa shape index (κ1) is 8.37. The van der Waals surface area contributed by atoms with Gasteiger partial charge in [0.2, 0.25) is 0 Å². The lowest BCUT2D eigenvalue weighted by molar-refractivity contribution is -0.120. The molecule has 1 aliphatic carbocycles. The van der Waals surface area contributed by atoms with Crippen molar-refractivity contribution in [3.63, 3.8) is 0 Å². The molecule has 0 saturated heterocycles. The minimum Gasteiger partial charge on any atom is -0.319 e. The molecular weight excluding hydrogens is 168 g/mol. The molecule has 5 heteroatoms. The molecule has 2 rings (SSSR count). The lowest BCUT2D eigenvalue weighted by atomic mass is 10.1. The zero-order valence-corrected chi connectivity index (χ0v) is 7.53. The van der Waals surface area contributed by atoms with E-state index in [9.17, 15) is 4.79 Å².